The molecule has 0 fully saturated rings. The maximum absolute atomic E-state index is 4.49. The number of anilines is 3. The zero-order valence-corrected chi connectivity index (χ0v) is 13.5. The Balaban J connectivity index is 2.23. The van der Waals surface area contributed by atoms with E-state index < -0.39 is 0 Å². The monoisotopic (exact) mass is 335 g/mol. The van der Waals surface area contributed by atoms with Gasteiger partial charge in [0.2, 0.25) is 5.95 Å². The largest absolute Gasteiger partial charge is 0.356 e. The van der Waals surface area contributed by atoms with E-state index in [0.29, 0.717) is 5.95 Å². The highest BCUT2D eigenvalue weighted by Crippen LogP contribution is 2.25. The van der Waals surface area contributed by atoms with E-state index in [9.17, 15) is 0 Å². The van der Waals surface area contributed by atoms with Gasteiger partial charge >= 0.3 is 0 Å². The first-order chi connectivity index (χ1) is 9.63. The Morgan fingerprint density at radius 1 is 1.25 bits per heavy atom. The summed E-state index contributed by atoms with van der Waals surface area (Å²) in [5.74, 6) is 1.33. The molecule has 0 aliphatic heterocycles. The van der Waals surface area contributed by atoms with Gasteiger partial charge in [0.15, 0.2) is 5.82 Å². The fourth-order valence-corrected chi connectivity index (χ4v) is 2.48. The van der Waals surface area contributed by atoms with Crippen LogP contribution in [0.3, 0.4) is 0 Å². The van der Waals surface area contributed by atoms with Gasteiger partial charge in [0.1, 0.15) is 0 Å². The van der Waals surface area contributed by atoms with Gasteiger partial charge in [-0.2, -0.15) is 10.1 Å². The van der Waals surface area contributed by atoms with Crippen LogP contribution >= 0.6 is 15.9 Å². The summed E-state index contributed by atoms with van der Waals surface area (Å²) >= 11 is 3.53. The van der Waals surface area contributed by atoms with Crippen LogP contribution in [0, 0.1) is 6.92 Å². The molecule has 0 amide bonds. The van der Waals surface area contributed by atoms with Crippen molar-refractivity contribution in [2.75, 3.05) is 23.3 Å². The van der Waals surface area contributed by atoms with Crippen LogP contribution in [0.5, 0.6) is 0 Å². The first-order valence-electron chi connectivity index (χ1n) is 6.61. The average Bonchev–Trinajstić information content (AvgIpc) is 2.44. The van der Waals surface area contributed by atoms with Crippen molar-refractivity contribution < 1.29 is 0 Å². The summed E-state index contributed by atoms with van der Waals surface area (Å²) in [6.45, 7) is 8.02. The number of hydrogen-bond acceptors (Lipinski definition) is 5. The number of nitrogens with zero attached hydrogens (tertiary/aromatic N) is 4. The Bertz CT molecular complexity index is 584. The molecule has 1 heterocycles. The molecular formula is C14H18BrN5. The second kappa shape index (κ2) is 6.65. The van der Waals surface area contributed by atoms with E-state index in [0.717, 1.165) is 29.1 Å². The lowest BCUT2D eigenvalue weighted by molar-refractivity contribution is 0.826. The van der Waals surface area contributed by atoms with Crippen LogP contribution in [0.15, 0.2) is 28.9 Å². The van der Waals surface area contributed by atoms with Crippen molar-refractivity contribution in [2.24, 2.45) is 0 Å². The molecule has 20 heavy (non-hydrogen) atoms. The van der Waals surface area contributed by atoms with Gasteiger partial charge in [-0.15, -0.1) is 5.10 Å². The topological polar surface area (TPSA) is 53.9 Å². The van der Waals surface area contributed by atoms with Crippen molar-refractivity contribution in [2.45, 2.75) is 20.8 Å². The summed E-state index contributed by atoms with van der Waals surface area (Å²) in [6, 6.07) is 6.08. The molecule has 0 saturated heterocycles. The second-order valence-corrected chi connectivity index (χ2v) is 5.27. The maximum Gasteiger partial charge on any atom is 0.249 e. The highest BCUT2D eigenvalue weighted by atomic mass is 79.9. The van der Waals surface area contributed by atoms with Gasteiger partial charge in [-0.05, 0) is 54.4 Å². The van der Waals surface area contributed by atoms with Gasteiger partial charge < -0.3 is 10.2 Å². The molecule has 0 aliphatic carbocycles. The molecule has 0 saturated carbocycles. The van der Waals surface area contributed by atoms with Gasteiger partial charge in [0.05, 0.1) is 11.9 Å². The number of aryl methyl sites for hydroxylation is 1. The van der Waals surface area contributed by atoms with Crippen molar-refractivity contribution in [3.05, 3.63) is 34.4 Å². The minimum Gasteiger partial charge on any atom is -0.356 e. The number of benzene rings is 1. The van der Waals surface area contributed by atoms with E-state index in [1.165, 1.54) is 5.56 Å². The number of aromatic nitrogens is 3. The fourth-order valence-electron chi connectivity index (χ4n) is 1.89. The van der Waals surface area contributed by atoms with E-state index >= 15 is 0 Å². The molecule has 106 valence electrons. The molecule has 1 N–H and O–H groups in total. The van der Waals surface area contributed by atoms with Gasteiger partial charge in [0.25, 0.3) is 0 Å². The summed E-state index contributed by atoms with van der Waals surface area (Å²) in [6.07, 6.45) is 1.68. The van der Waals surface area contributed by atoms with Crippen molar-refractivity contribution in [3.8, 4) is 0 Å². The van der Waals surface area contributed by atoms with Crippen LogP contribution < -0.4 is 10.2 Å². The first-order valence-corrected chi connectivity index (χ1v) is 7.41. The third-order valence-corrected chi connectivity index (χ3v) is 3.66. The fraction of sp³-hybridized carbons (Fsp3) is 0.357. The molecule has 0 aliphatic rings. The molecule has 0 atom stereocenters. The van der Waals surface area contributed by atoms with Gasteiger partial charge in [0, 0.05) is 17.6 Å². The highest BCUT2D eigenvalue weighted by Gasteiger charge is 2.08. The predicted molar refractivity (Wildman–Crippen MR) is 85.5 cm³/mol. The van der Waals surface area contributed by atoms with E-state index in [2.05, 4.69) is 55.2 Å². The standard InChI is InChI=1S/C14H18BrN5/c1-4-20(5-2)13-9-16-19-14(18-13)17-12-7-6-10(3)8-11(12)15/h6-9H,4-5H2,1-3H3,(H,17,18,19). The molecule has 0 bridgehead atoms. The minimum absolute atomic E-state index is 0.499. The average molecular weight is 336 g/mol. The minimum atomic E-state index is 0.499. The predicted octanol–water partition coefficient (Wildman–Crippen LogP) is 3.53. The maximum atomic E-state index is 4.49. The van der Waals surface area contributed by atoms with Crippen LogP contribution in [0.25, 0.3) is 0 Å². The summed E-state index contributed by atoms with van der Waals surface area (Å²) < 4.78 is 0.981. The number of rotatable bonds is 5. The second-order valence-electron chi connectivity index (χ2n) is 4.42. The molecule has 5 nitrogen and oxygen atoms in total. The van der Waals surface area contributed by atoms with Crippen LogP contribution in [-0.4, -0.2) is 28.3 Å². The Labute approximate surface area is 127 Å². The SMILES string of the molecule is CCN(CC)c1cnnc(Nc2ccc(C)cc2Br)n1. The Morgan fingerprint density at radius 3 is 2.65 bits per heavy atom. The lowest BCUT2D eigenvalue weighted by Crippen LogP contribution is -2.23. The highest BCUT2D eigenvalue weighted by molar-refractivity contribution is 9.10. The van der Waals surface area contributed by atoms with Crippen molar-refractivity contribution >= 4 is 33.4 Å². The third kappa shape index (κ3) is 3.45. The van der Waals surface area contributed by atoms with Crippen molar-refractivity contribution in [1.82, 2.24) is 15.2 Å². The van der Waals surface area contributed by atoms with E-state index in [1.807, 2.05) is 25.1 Å². The van der Waals surface area contributed by atoms with Crippen LogP contribution in [0.1, 0.15) is 19.4 Å². The molecule has 1 aromatic carbocycles. The third-order valence-electron chi connectivity index (χ3n) is 3.00. The Morgan fingerprint density at radius 2 is 2.00 bits per heavy atom. The number of halogens is 1. The number of nitrogens with one attached hydrogen (secondary N) is 1. The lowest BCUT2D eigenvalue weighted by Gasteiger charge is -2.19. The Hall–Kier alpha value is -1.69. The van der Waals surface area contributed by atoms with Crippen LogP contribution in [0.4, 0.5) is 17.5 Å². The molecule has 0 unspecified atom stereocenters. The number of hydrogen-bond donors (Lipinski definition) is 1. The van der Waals surface area contributed by atoms with Gasteiger partial charge in [-0.25, -0.2) is 0 Å². The van der Waals surface area contributed by atoms with Crippen LogP contribution in [0.2, 0.25) is 0 Å². The molecule has 1 aromatic heterocycles. The first kappa shape index (κ1) is 14.7. The lowest BCUT2D eigenvalue weighted by atomic mass is 10.2. The molecule has 0 spiro atoms. The normalized spacial score (nSPS) is 10.4. The molecule has 2 aromatic rings. The quantitative estimate of drug-likeness (QED) is 0.905. The summed E-state index contributed by atoms with van der Waals surface area (Å²) in [7, 11) is 0. The summed E-state index contributed by atoms with van der Waals surface area (Å²) in [4.78, 5) is 6.62. The van der Waals surface area contributed by atoms with E-state index in [-0.39, 0.29) is 0 Å². The van der Waals surface area contributed by atoms with E-state index in [4.69, 9.17) is 0 Å². The van der Waals surface area contributed by atoms with Crippen LogP contribution in [-0.2, 0) is 0 Å². The van der Waals surface area contributed by atoms with Crippen molar-refractivity contribution in [3.63, 3.8) is 0 Å². The molecular weight excluding hydrogens is 318 g/mol. The summed E-state index contributed by atoms with van der Waals surface area (Å²) in [5, 5.41) is 11.2. The molecule has 2 rings (SSSR count). The zero-order valence-electron chi connectivity index (χ0n) is 11.9. The van der Waals surface area contributed by atoms with Gasteiger partial charge in [-0.3, -0.25) is 0 Å². The Kier molecular flexibility index (Phi) is 4.89. The molecule has 0 radical (unpaired) electrons. The van der Waals surface area contributed by atoms with E-state index in [1.54, 1.807) is 6.20 Å². The zero-order chi connectivity index (χ0) is 14.5. The van der Waals surface area contributed by atoms with Gasteiger partial charge in [-0.1, -0.05) is 6.07 Å². The smallest absolute Gasteiger partial charge is 0.249 e. The van der Waals surface area contributed by atoms with Crippen molar-refractivity contribution in [1.29, 1.82) is 0 Å². The molecule has 6 heteroatoms. The summed E-state index contributed by atoms with van der Waals surface area (Å²) in [5.41, 5.74) is 2.12.